The van der Waals surface area contributed by atoms with Crippen molar-refractivity contribution >= 4 is 40.0 Å². The molecule has 1 aliphatic heterocycles. The smallest absolute Gasteiger partial charge is 0.210 e. The van der Waals surface area contributed by atoms with E-state index in [4.69, 9.17) is 26.2 Å². The quantitative estimate of drug-likeness (QED) is 0.330. The van der Waals surface area contributed by atoms with Gasteiger partial charge >= 0.3 is 0 Å². The number of pyridine rings is 1. The van der Waals surface area contributed by atoms with Crippen LogP contribution in [0.4, 0.5) is 11.8 Å². The van der Waals surface area contributed by atoms with Gasteiger partial charge in [0, 0.05) is 43.2 Å². The molecule has 0 aliphatic carbocycles. The van der Waals surface area contributed by atoms with Gasteiger partial charge in [-0.05, 0) is 6.42 Å². The van der Waals surface area contributed by atoms with Crippen LogP contribution in [0.25, 0.3) is 16.7 Å². The number of aryl methyl sites for hydroxylation is 1. The monoisotopic (exact) mass is 537 g/mol. The van der Waals surface area contributed by atoms with E-state index in [0.717, 1.165) is 12.1 Å². The summed E-state index contributed by atoms with van der Waals surface area (Å²) in [5, 5.41) is 22.6. The summed E-state index contributed by atoms with van der Waals surface area (Å²) < 4.78 is 17.2. The van der Waals surface area contributed by atoms with E-state index in [1.807, 2.05) is 22.4 Å². The molecule has 0 spiro atoms. The van der Waals surface area contributed by atoms with Crippen molar-refractivity contribution in [2.75, 3.05) is 18.5 Å². The number of halogens is 1. The Balaban J connectivity index is 1.34. The number of hydrogen-bond acceptors (Lipinski definition) is 9. The molecule has 6 rings (SSSR count). The average molecular weight is 538 g/mol. The van der Waals surface area contributed by atoms with E-state index in [1.165, 1.54) is 0 Å². The van der Waals surface area contributed by atoms with Crippen molar-refractivity contribution in [3.8, 4) is 11.5 Å². The van der Waals surface area contributed by atoms with Crippen molar-refractivity contribution in [3.05, 3.63) is 47.8 Å². The van der Waals surface area contributed by atoms with Crippen LogP contribution in [0.2, 0.25) is 5.02 Å². The highest BCUT2D eigenvalue weighted by molar-refractivity contribution is 6.36. The molecule has 5 aromatic heterocycles. The van der Waals surface area contributed by atoms with Gasteiger partial charge in [-0.15, -0.1) is 0 Å². The molecular formula is C25H28ClN9O3. The number of nitrogens with zero attached hydrogens (tertiary/aromatic N) is 8. The van der Waals surface area contributed by atoms with E-state index < -0.39 is 0 Å². The molecule has 0 radical (unpaired) electrons. The minimum Gasteiger partial charge on any atom is -0.450 e. The maximum atomic E-state index is 9.80. The third-order valence-electron chi connectivity index (χ3n) is 6.73. The third-order valence-corrected chi connectivity index (χ3v) is 7.09. The molecule has 6 heterocycles. The molecule has 0 unspecified atom stereocenters. The van der Waals surface area contributed by atoms with E-state index >= 15 is 0 Å². The van der Waals surface area contributed by atoms with Crippen molar-refractivity contribution < 1.29 is 14.6 Å². The number of ether oxygens (including phenoxy) is 2. The summed E-state index contributed by atoms with van der Waals surface area (Å²) in [6.45, 7) is 6.94. The van der Waals surface area contributed by atoms with Gasteiger partial charge in [0.05, 0.1) is 31.2 Å². The van der Waals surface area contributed by atoms with Crippen LogP contribution in [0.5, 0.6) is 11.5 Å². The standard InChI is InChI=1S/C25H28ClN9O3/c1-25(2,3)19-9-20(32-35(19)14-5-8-37-18(14)13-36)30-24-31-23-22(33(24)4)21(26)17(11-28-23)38-16-12-29-34-7-6-27-10-15(16)34/h6-7,9-12,14,18,36H,5,8,13H2,1-4H3,(H,28,30,31,32)/t14-,18+/m0/s1. The Morgan fingerprint density at radius 3 is 2.87 bits per heavy atom. The highest BCUT2D eigenvalue weighted by atomic mass is 35.5. The fraction of sp³-hybridized carbons (Fsp3) is 0.400. The second-order valence-corrected chi connectivity index (χ2v) is 10.7. The van der Waals surface area contributed by atoms with E-state index in [2.05, 4.69) is 46.1 Å². The Bertz CT molecular complexity index is 1630. The fourth-order valence-electron chi connectivity index (χ4n) is 4.78. The molecule has 0 saturated carbocycles. The lowest BCUT2D eigenvalue weighted by atomic mass is 9.91. The molecule has 13 heteroatoms. The lowest BCUT2D eigenvalue weighted by Gasteiger charge is -2.25. The van der Waals surface area contributed by atoms with E-state index in [1.54, 1.807) is 35.5 Å². The number of fused-ring (bicyclic) bond motifs is 2. The Labute approximate surface area is 223 Å². The predicted octanol–water partition coefficient (Wildman–Crippen LogP) is 4.02. The minimum absolute atomic E-state index is 0.0452. The predicted molar refractivity (Wildman–Crippen MR) is 141 cm³/mol. The molecule has 0 amide bonds. The molecule has 1 fully saturated rings. The molecule has 0 aromatic carbocycles. The highest BCUT2D eigenvalue weighted by Crippen LogP contribution is 2.37. The Hall–Kier alpha value is -3.74. The molecule has 12 nitrogen and oxygen atoms in total. The van der Waals surface area contributed by atoms with Gasteiger partial charge in [0.15, 0.2) is 23.0 Å². The largest absolute Gasteiger partial charge is 0.450 e. The van der Waals surface area contributed by atoms with Crippen molar-refractivity contribution in [1.82, 2.24) is 38.9 Å². The van der Waals surface area contributed by atoms with Gasteiger partial charge < -0.3 is 24.5 Å². The van der Waals surface area contributed by atoms with Crippen LogP contribution in [0, 0.1) is 0 Å². The molecule has 2 N–H and O–H groups in total. The van der Waals surface area contributed by atoms with Crippen molar-refractivity contribution in [3.63, 3.8) is 0 Å². The van der Waals surface area contributed by atoms with E-state index in [9.17, 15) is 5.11 Å². The number of anilines is 2. The van der Waals surface area contributed by atoms with Crippen LogP contribution in [0.15, 0.2) is 37.1 Å². The summed E-state index contributed by atoms with van der Waals surface area (Å²) in [5.74, 6) is 2.05. The van der Waals surface area contributed by atoms with Crippen molar-refractivity contribution in [1.29, 1.82) is 0 Å². The minimum atomic E-state index is -0.287. The summed E-state index contributed by atoms with van der Waals surface area (Å²) >= 11 is 6.78. The van der Waals surface area contributed by atoms with Crippen LogP contribution >= 0.6 is 11.6 Å². The average Bonchev–Trinajstić information content (AvgIpc) is 3.67. The maximum absolute atomic E-state index is 9.80. The fourth-order valence-corrected chi connectivity index (χ4v) is 5.08. The SMILES string of the molecule is Cn1c(Nc2cc(C(C)(C)C)n([C@H]3CCO[C@@H]3CO)n2)nc2ncc(Oc3cnn4ccncc34)c(Cl)c21. The topological polar surface area (TPSA) is 129 Å². The first-order chi connectivity index (χ1) is 18.2. The normalized spacial score (nSPS) is 18.1. The van der Waals surface area contributed by atoms with Gasteiger partial charge in [-0.25, -0.2) is 9.50 Å². The van der Waals surface area contributed by atoms with Gasteiger partial charge in [-0.2, -0.15) is 15.2 Å². The Morgan fingerprint density at radius 1 is 1.24 bits per heavy atom. The van der Waals surface area contributed by atoms with Gasteiger partial charge in [-0.3, -0.25) is 9.67 Å². The van der Waals surface area contributed by atoms with Crippen LogP contribution in [0.3, 0.4) is 0 Å². The number of hydrogen-bond donors (Lipinski definition) is 2. The second kappa shape index (κ2) is 9.22. The zero-order chi connectivity index (χ0) is 26.6. The van der Waals surface area contributed by atoms with Gasteiger partial charge in [0.2, 0.25) is 5.95 Å². The number of nitrogens with one attached hydrogen (secondary N) is 1. The van der Waals surface area contributed by atoms with Crippen LogP contribution in [-0.4, -0.2) is 63.3 Å². The number of rotatable bonds is 6. The summed E-state index contributed by atoms with van der Waals surface area (Å²) in [7, 11) is 1.85. The van der Waals surface area contributed by atoms with Gasteiger partial charge in [0.25, 0.3) is 0 Å². The zero-order valence-corrected chi connectivity index (χ0v) is 22.2. The van der Waals surface area contributed by atoms with Gasteiger partial charge in [-0.1, -0.05) is 32.4 Å². The highest BCUT2D eigenvalue weighted by Gasteiger charge is 2.34. The van der Waals surface area contributed by atoms with Crippen LogP contribution < -0.4 is 10.1 Å². The third kappa shape index (κ3) is 4.14. The Kier molecular flexibility index (Phi) is 5.97. The lowest BCUT2D eigenvalue weighted by Crippen LogP contribution is -2.29. The molecule has 1 saturated heterocycles. The van der Waals surface area contributed by atoms with Crippen molar-refractivity contribution in [2.24, 2.45) is 7.05 Å². The first kappa shape index (κ1) is 24.6. The van der Waals surface area contributed by atoms with E-state index in [-0.39, 0.29) is 24.2 Å². The van der Waals surface area contributed by atoms with Gasteiger partial charge in [0.1, 0.15) is 22.2 Å². The number of aromatic nitrogens is 8. The molecule has 2 atom stereocenters. The first-order valence-corrected chi connectivity index (χ1v) is 12.7. The second-order valence-electron chi connectivity index (χ2n) is 10.3. The lowest BCUT2D eigenvalue weighted by molar-refractivity contribution is 0.0391. The van der Waals surface area contributed by atoms with Crippen LogP contribution in [-0.2, 0) is 17.2 Å². The molecule has 0 bridgehead atoms. The van der Waals surface area contributed by atoms with E-state index in [0.29, 0.717) is 51.6 Å². The molecule has 1 aliphatic rings. The zero-order valence-electron chi connectivity index (χ0n) is 21.5. The molecule has 38 heavy (non-hydrogen) atoms. The summed E-state index contributed by atoms with van der Waals surface area (Å²) in [4.78, 5) is 13.3. The number of imidazole rings is 1. The summed E-state index contributed by atoms with van der Waals surface area (Å²) in [6.07, 6.45) is 8.70. The maximum Gasteiger partial charge on any atom is 0.210 e. The van der Waals surface area contributed by atoms with Crippen molar-refractivity contribution in [2.45, 2.75) is 44.8 Å². The first-order valence-electron chi connectivity index (χ1n) is 12.3. The van der Waals surface area contributed by atoms with Crippen LogP contribution in [0.1, 0.15) is 38.9 Å². The summed E-state index contributed by atoms with van der Waals surface area (Å²) in [6, 6.07) is 1.96. The molecule has 5 aromatic rings. The number of aliphatic hydroxyl groups is 1. The molecule has 198 valence electrons. The number of aliphatic hydroxyl groups excluding tert-OH is 1. The summed E-state index contributed by atoms with van der Waals surface area (Å²) in [5.41, 5.74) is 2.64. The Morgan fingerprint density at radius 2 is 2.08 bits per heavy atom. The molecular weight excluding hydrogens is 510 g/mol.